The zero-order valence-corrected chi connectivity index (χ0v) is 21.4. The Morgan fingerprint density at radius 1 is 0.694 bits per heavy atom. The average Bonchev–Trinajstić information content (AvgIpc) is 3.23. The fourth-order valence-corrected chi connectivity index (χ4v) is 7.64. The summed E-state index contributed by atoms with van der Waals surface area (Å²) in [7, 11) is -1.39. The van der Waals surface area contributed by atoms with E-state index in [9.17, 15) is 0 Å². The predicted molar refractivity (Wildman–Crippen MR) is 152 cm³/mol. The molecule has 0 amide bonds. The highest BCUT2D eigenvalue weighted by atomic mass is 31.1. The van der Waals surface area contributed by atoms with Crippen molar-refractivity contribution in [1.29, 1.82) is 0 Å². The molecule has 36 heavy (non-hydrogen) atoms. The molecule has 1 atom stereocenters. The van der Waals surface area contributed by atoms with E-state index < -0.39 is 8.16 Å². The Hall–Kier alpha value is -3.52. The molecule has 6 aromatic rings. The van der Waals surface area contributed by atoms with E-state index in [1.54, 1.807) is 0 Å². The zero-order valence-electron chi connectivity index (χ0n) is 20.5. The molecule has 0 aliphatic heterocycles. The molecule has 1 heterocycles. The Morgan fingerprint density at radius 2 is 1.25 bits per heavy atom. The molecular weight excluding hydrogens is 461 g/mol. The summed E-state index contributed by atoms with van der Waals surface area (Å²) in [5.41, 5.74) is 4.64. The third-order valence-corrected chi connectivity index (χ3v) is 9.35. The van der Waals surface area contributed by atoms with Gasteiger partial charge in [0.25, 0.3) is 0 Å². The normalized spacial score (nSPS) is 15.5. The molecule has 0 bridgehead atoms. The lowest BCUT2D eigenvalue weighted by Gasteiger charge is -2.29. The Labute approximate surface area is 211 Å². The average molecular weight is 490 g/mol. The first kappa shape index (κ1) is 21.7. The van der Waals surface area contributed by atoms with Crippen LogP contribution in [0.4, 0.5) is 0 Å². The molecular formula is C32H28NO2P. The standard InChI is InChI=1S/C32H28NO2P/c1-21(2)33(28-18-15-22-9-3-6-12-25(22)28)36-34-29-19-16-23-10-4-7-13-26(23)31(29)32-27-14-8-5-11-24(27)17-20-30(32)35-36/h3-14,16-17,19-21,28H,15,18H2,1-2H3. The van der Waals surface area contributed by atoms with Crippen LogP contribution in [0.1, 0.15) is 37.4 Å². The Morgan fingerprint density at radius 3 is 1.86 bits per heavy atom. The van der Waals surface area contributed by atoms with Gasteiger partial charge in [0.15, 0.2) is 0 Å². The quantitative estimate of drug-likeness (QED) is 0.248. The number of aryl methyl sites for hydroxylation is 1. The Balaban J connectivity index is 1.61. The van der Waals surface area contributed by atoms with Crippen molar-refractivity contribution in [1.82, 2.24) is 0 Å². The van der Waals surface area contributed by atoms with Gasteiger partial charge in [0.2, 0.25) is 0 Å². The summed E-state index contributed by atoms with van der Waals surface area (Å²) in [5.74, 6) is 0. The molecule has 0 fully saturated rings. The van der Waals surface area contributed by atoms with Crippen molar-refractivity contribution in [2.24, 2.45) is 0 Å². The number of rotatable bonds is 3. The summed E-state index contributed by atoms with van der Waals surface area (Å²) in [5, 5.41) is 7.04. The van der Waals surface area contributed by atoms with Gasteiger partial charge in [0, 0.05) is 22.9 Å². The molecule has 178 valence electrons. The Kier molecular flexibility index (Phi) is 5.16. The summed E-state index contributed by atoms with van der Waals surface area (Å²) in [6, 6.07) is 35.1. The van der Waals surface area contributed by atoms with Crippen LogP contribution < -0.4 is 4.67 Å². The molecule has 1 aliphatic rings. The second-order valence-electron chi connectivity index (χ2n) is 9.97. The maximum atomic E-state index is 6.92. The molecule has 5 aromatic carbocycles. The van der Waals surface area contributed by atoms with Gasteiger partial charge >= 0.3 is 8.16 Å². The largest absolute Gasteiger partial charge is 0.408 e. The topological polar surface area (TPSA) is 29.5 Å². The number of hydrogen-bond acceptors (Lipinski definition) is 3. The van der Waals surface area contributed by atoms with Gasteiger partial charge in [-0.2, -0.15) is 4.67 Å². The smallest absolute Gasteiger partial charge is 0.310 e. The number of benzene rings is 5. The van der Waals surface area contributed by atoms with E-state index >= 15 is 0 Å². The second-order valence-corrected chi connectivity index (χ2v) is 11.3. The highest BCUT2D eigenvalue weighted by Crippen LogP contribution is 2.48. The van der Waals surface area contributed by atoms with Gasteiger partial charge in [-0.05, 0) is 71.5 Å². The van der Waals surface area contributed by atoms with Gasteiger partial charge in [-0.15, -0.1) is 0 Å². The van der Waals surface area contributed by atoms with E-state index in [-0.39, 0.29) is 12.1 Å². The van der Waals surface area contributed by atoms with Crippen LogP contribution in [0, 0.1) is 0 Å². The summed E-state index contributed by atoms with van der Waals surface area (Å²) in [4.78, 5) is 0. The highest BCUT2D eigenvalue weighted by Gasteiger charge is 2.33. The third-order valence-electron chi connectivity index (χ3n) is 7.52. The van der Waals surface area contributed by atoms with Gasteiger partial charge in [0.05, 0.1) is 0 Å². The fraction of sp³-hybridized carbons (Fsp3) is 0.188. The van der Waals surface area contributed by atoms with Crippen molar-refractivity contribution in [2.75, 3.05) is 4.67 Å². The second kappa shape index (κ2) is 8.55. The van der Waals surface area contributed by atoms with Crippen LogP contribution in [0.25, 0.3) is 43.5 Å². The summed E-state index contributed by atoms with van der Waals surface area (Å²) >= 11 is 0. The lowest BCUT2D eigenvalue weighted by atomic mass is 9.99. The van der Waals surface area contributed by atoms with Gasteiger partial charge in [-0.25, -0.2) is 0 Å². The first-order valence-corrected chi connectivity index (χ1v) is 13.9. The van der Waals surface area contributed by atoms with Crippen molar-refractivity contribution in [3.05, 3.63) is 108 Å². The lowest BCUT2D eigenvalue weighted by Crippen LogP contribution is -2.31. The predicted octanol–water partition coefficient (Wildman–Crippen LogP) is 9.63. The first-order chi connectivity index (χ1) is 17.7. The third kappa shape index (κ3) is 3.38. The minimum atomic E-state index is -1.39. The van der Waals surface area contributed by atoms with Gasteiger partial charge in [-0.3, -0.25) is 0 Å². The van der Waals surface area contributed by atoms with Crippen molar-refractivity contribution in [2.45, 2.75) is 38.8 Å². The summed E-state index contributed by atoms with van der Waals surface area (Å²) < 4.78 is 16.3. The summed E-state index contributed by atoms with van der Waals surface area (Å²) in [6.07, 6.45) is 2.17. The van der Waals surface area contributed by atoms with Crippen LogP contribution in [0.15, 0.2) is 105 Å². The summed E-state index contributed by atoms with van der Waals surface area (Å²) in [6.45, 7) is 4.51. The van der Waals surface area contributed by atoms with Crippen LogP contribution in [0.5, 0.6) is 0 Å². The SMILES string of the molecule is CC(C)N(C1CCc2ccccc21)p1oc2ccc3ccccc3c2c2c(ccc3ccccc32)o1. The molecule has 1 unspecified atom stereocenters. The number of hydrogen-bond donors (Lipinski definition) is 0. The highest BCUT2D eigenvalue weighted by molar-refractivity contribution is 7.39. The van der Waals surface area contributed by atoms with Gasteiger partial charge < -0.3 is 8.39 Å². The van der Waals surface area contributed by atoms with Crippen molar-refractivity contribution in [3.8, 4) is 0 Å². The molecule has 0 saturated carbocycles. The van der Waals surface area contributed by atoms with Crippen molar-refractivity contribution < 1.29 is 8.39 Å². The van der Waals surface area contributed by atoms with E-state index in [1.165, 1.54) is 32.7 Å². The van der Waals surface area contributed by atoms with E-state index in [2.05, 4.69) is 116 Å². The minimum Gasteiger partial charge on any atom is -0.408 e. The van der Waals surface area contributed by atoms with E-state index in [0.717, 1.165) is 34.8 Å². The lowest BCUT2D eigenvalue weighted by molar-refractivity contribution is 0.543. The van der Waals surface area contributed by atoms with E-state index in [0.29, 0.717) is 0 Å². The van der Waals surface area contributed by atoms with E-state index in [1.807, 2.05) is 0 Å². The maximum absolute atomic E-state index is 6.92. The molecule has 1 aliphatic carbocycles. The van der Waals surface area contributed by atoms with Crippen LogP contribution in [0.2, 0.25) is 0 Å². The molecule has 0 radical (unpaired) electrons. The fourth-order valence-electron chi connectivity index (χ4n) is 5.92. The van der Waals surface area contributed by atoms with E-state index in [4.69, 9.17) is 8.39 Å². The van der Waals surface area contributed by atoms with Crippen LogP contribution >= 0.6 is 8.16 Å². The van der Waals surface area contributed by atoms with Gasteiger partial charge in [0.1, 0.15) is 11.2 Å². The van der Waals surface area contributed by atoms with Crippen LogP contribution in [-0.4, -0.2) is 6.04 Å². The van der Waals surface area contributed by atoms with Crippen LogP contribution in [-0.2, 0) is 6.42 Å². The molecule has 4 heteroatoms. The minimum absolute atomic E-state index is 0.262. The Bertz CT molecular complexity index is 1700. The maximum Gasteiger partial charge on any atom is 0.310 e. The van der Waals surface area contributed by atoms with Crippen molar-refractivity contribution >= 4 is 51.6 Å². The van der Waals surface area contributed by atoms with Crippen molar-refractivity contribution in [3.63, 3.8) is 0 Å². The molecule has 1 aromatic heterocycles. The molecule has 0 N–H and O–H groups in total. The molecule has 3 nitrogen and oxygen atoms in total. The van der Waals surface area contributed by atoms with Crippen LogP contribution in [0.3, 0.4) is 0 Å². The molecule has 0 spiro atoms. The number of fused-ring (bicyclic) bond motifs is 8. The molecule has 7 rings (SSSR count). The first-order valence-electron chi connectivity index (χ1n) is 12.7. The zero-order chi connectivity index (χ0) is 24.2. The van der Waals surface area contributed by atoms with Gasteiger partial charge in [-0.1, -0.05) is 84.9 Å². The monoisotopic (exact) mass is 489 g/mol. The molecule has 0 saturated heterocycles. The number of nitrogens with zero attached hydrogens (tertiary/aromatic N) is 1.